The molecule has 2 saturated heterocycles. The van der Waals surface area contributed by atoms with Crippen LogP contribution in [0.25, 0.3) is 0 Å². The molecule has 3 atom stereocenters. The van der Waals surface area contributed by atoms with E-state index in [1.165, 1.54) is 18.4 Å². The van der Waals surface area contributed by atoms with Gasteiger partial charge in [0.25, 0.3) is 5.91 Å². The molecule has 0 unspecified atom stereocenters. The molecule has 174 valence electrons. The summed E-state index contributed by atoms with van der Waals surface area (Å²) in [6.45, 7) is 5.63. The van der Waals surface area contributed by atoms with Crippen LogP contribution in [0, 0.1) is 26.7 Å². The monoisotopic (exact) mass is 476 g/mol. The number of hydroxylamine groups is 1. The summed E-state index contributed by atoms with van der Waals surface area (Å²) in [7, 11) is 1.29. The molecule has 3 heterocycles. The Kier molecular flexibility index (Phi) is 5.50. The molecule has 5 rings (SSSR count). The molecule has 0 radical (unpaired) electrons. The van der Waals surface area contributed by atoms with Crippen LogP contribution >= 0.6 is 11.3 Å². The first kappa shape index (κ1) is 22.3. The van der Waals surface area contributed by atoms with Crippen LogP contribution in [-0.2, 0) is 19.2 Å². The Morgan fingerprint density at radius 2 is 1.65 bits per heavy atom. The Labute approximate surface area is 201 Å². The topological polar surface area (TPSA) is 76.2 Å². The lowest BCUT2D eigenvalue weighted by Crippen LogP contribution is -2.37. The van der Waals surface area contributed by atoms with Gasteiger partial charge in [-0.3, -0.25) is 14.4 Å². The lowest BCUT2D eigenvalue weighted by molar-refractivity contribution is -0.126. The van der Waals surface area contributed by atoms with Crippen LogP contribution in [0.15, 0.2) is 54.6 Å². The smallest absolute Gasteiger partial charge is 0.341 e. The number of nitrogens with zero attached hydrogens (tertiary/aromatic N) is 2. The fourth-order valence-corrected chi connectivity index (χ4v) is 5.78. The zero-order valence-corrected chi connectivity index (χ0v) is 20.1. The van der Waals surface area contributed by atoms with Crippen LogP contribution in [0.2, 0.25) is 0 Å². The average Bonchev–Trinajstić information content (AvgIpc) is 3.45. The summed E-state index contributed by atoms with van der Waals surface area (Å²) >= 11 is 1.24. The first-order valence-corrected chi connectivity index (χ1v) is 11.8. The zero-order valence-electron chi connectivity index (χ0n) is 19.3. The van der Waals surface area contributed by atoms with Gasteiger partial charge in [-0.15, -0.1) is 11.3 Å². The van der Waals surface area contributed by atoms with Gasteiger partial charge in [-0.05, 0) is 44.0 Å². The standard InChI is InChI=1S/C26H24N2O5S/c1-14-10-12-17(13-11-14)21-20-22(33-28(21)18-8-6-5-7-9-18)24(30)27(23(20)29)25-19(26(31)32-4)15(2)16(3)34-25/h5-13,20-22H,1-4H3/t20-,21-,22+/m1/s1. The second-order valence-electron chi connectivity index (χ2n) is 8.54. The minimum atomic E-state index is -0.993. The van der Waals surface area contributed by atoms with E-state index >= 15 is 0 Å². The molecule has 34 heavy (non-hydrogen) atoms. The first-order chi connectivity index (χ1) is 16.3. The van der Waals surface area contributed by atoms with Gasteiger partial charge in [0.15, 0.2) is 6.10 Å². The number of benzene rings is 2. The quantitative estimate of drug-likeness (QED) is 0.407. The molecule has 2 fully saturated rings. The number of carbonyl (C=O) groups excluding carboxylic acids is 3. The Hall–Kier alpha value is -3.49. The van der Waals surface area contributed by atoms with Gasteiger partial charge >= 0.3 is 5.97 Å². The Balaban J connectivity index is 1.61. The minimum Gasteiger partial charge on any atom is -0.465 e. The summed E-state index contributed by atoms with van der Waals surface area (Å²) in [5.41, 5.74) is 3.67. The minimum absolute atomic E-state index is 0.249. The maximum absolute atomic E-state index is 13.9. The number of ether oxygens (including phenoxy) is 1. The average molecular weight is 477 g/mol. The highest BCUT2D eigenvalue weighted by molar-refractivity contribution is 7.17. The van der Waals surface area contributed by atoms with E-state index in [1.807, 2.05) is 68.4 Å². The molecule has 2 aliphatic heterocycles. The highest BCUT2D eigenvalue weighted by Crippen LogP contribution is 2.49. The van der Waals surface area contributed by atoms with Crippen molar-refractivity contribution in [3.63, 3.8) is 0 Å². The van der Waals surface area contributed by atoms with Gasteiger partial charge < -0.3 is 4.74 Å². The van der Waals surface area contributed by atoms with Crippen molar-refractivity contribution in [2.45, 2.75) is 32.9 Å². The third-order valence-electron chi connectivity index (χ3n) is 6.50. The van der Waals surface area contributed by atoms with Crippen molar-refractivity contribution < 1.29 is 24.0 Å². The summed E-state index contributed by atoms with van der Waals surface area (Å²) in [6, 6.07) is 16.8. The van der Waals surface area contributed by atoms with Gasteiger partial charge in [0.05, 0.1) is 24.4 Å². The Bertz CT molecular complexity index is 1280. The molecule has 2 amide bonds. The summed E-state index contributed by atoms with van der Waals surface area (Å²) in [6.07, 6.45) is -0.993. The van der Waals surface area contributed by atoms with Crippen LogP contribution in [0.5, 0.6) is 0 Å². The summed E-state index contributed by atoms with van der Waals surface area (Å²) in [5, 5.41) is 1.96. The molecular formula is C26H24N2O5S. The second kappa shape index (κ2) is 8.38. The summed E-state index contributed by atoms with van der Waals surface area (Å²) < 4.78 is 4.95. The van der Waals surface area contributed by atoms with Gasteiger partial charge in [-0.2, -0.15) is 0 Å². The van der Waals surface area contributed by atoms with Gasteiger partial charge in [0, 0.05) is 4.88 Å². The van der Waals surface area contributed by atoms with Gasteiger partial charge in [0.1, 0.15) is 10.9 Å². The van der Waals surface area contributed by atoms with Crippen LogP contribution < -0.4 is 9.96 Å². The zero-order chi connectivity index (χ0) is 24.1. The van der Waals surface area contributed by atoms with Crippen LogP contribution in [0.3, 0.4) is 0 Å². The number of methoxy groups -OCH3 is 1. The van der Waals surface area contributed by atoms with Crippen molar-refractivity contribution in [2.75, 3.05) is 17.1 Å². The summed E-state index contributed by atoms with van der Waals surface area (Å²) in [5.74, 6) is -2.19. The SMILES string of the molecule is COC(=O)c1c(N2C(=O)[C@H]3[C@H](ON(c4ccccc4)[C@@H]3c3ccc(C)cc3)C2=O)sc(C)c1C. The molecule has 8 heteroatoms. The normalized spacial score (nSPS) is 21.8. The van der Waals surface area contributed by atoms with E-state index in [1.54, 1.807) is 12.0 Å². The van der Waals surface area contributed by atoms with Crippen molar-refractivity contribution >= 4 is 39.8 Å². The van der Waals surface area contributed by atoms with E-state index in [0.717, 1.165) is 26.6 Å². The predicted molar refractivity (Wildman–Crippen MR) is 129 cm³/mol. The fraction of sp³-hybridized carbons (Fsp3) is 0.269. The van der Waals surface area contributed by atoms with Crippen molar-refractivity contribution in [1.82, 2.24) is 0 Å². The van der Waals surface area contributed by atoms with Gasteiger partial charge in [-0.1, -0.05) is 48.0 Å². The Morgan fingerprint density at radius 1 is 0.971 bits per heavy atom. The number of esters is 1. The van der Waals surface area contributed by atoms with Crippen LogP contribution in [0.4, 0.5) is 10.7 Å². The molecule has 0 spiro atoms. The van der Waals surface area contributed by atoms with E-state index in [9.17, 15) is 14.4 Å². The predicted octanol–water partition coefficient (Wildman–Crippen LogP) is 4.51. The number of para-hydroxylation sites is 1. The molecule has 1 aromatic heterocycles. The molecule has 0 bridgehead atoms. The van der Waals surface area contributed by atoms with Crippen LogP contribution in [0.1, 0.15) is 38.0 Å². The number of hydrogen-bond donors (Lipinski definition) is 0. The lowest BCUT2D eigenvalue weighted by atomic mass is 9.90. The van der Waals surface area contributed by atoms with E-state index in [2.05, 4.69) is 0 Å². The molecule has 7 nitrogen and oxygen atoms in total. The second-order valence-corrected chi connectivity index (χ2v) is 9.74. The number of amides is 2. The van der Waals surface area contributed by atoms with Gasteiger partial charge in [0.2, 0.25) is 5.91 Å². The maximum atomic E-state index is 13.9. The number of rotatable bonds is 4. The van der Waals surface area contributed by atoms with Crippen molar-refractivity contribution in [3.05, 3.63) is 81.7 Å². The molecule has 0 N–H and O–H groups in total. The fourth-order valence-electron chi connectivity index (χ4n) is 4.62. The van der Waals surface area contributed by atoms with E-state index in [4.69, 9.17) is 9.57 Å². The van der Waals surface area contributed by atoms with Gasteiger partial charge in [-0.25, -0.2) is 14.8 Å². The lowest BCUT2D eigenvalue weighted by Gasteiger charge is -2.28. The largest absolute Gasteiger partial charge is 0.465 e. The van der Waals surface area contributed by atoms with Crippen molar-refractivity contribution in [2.24, 2.45) is 5.92 Å². The number of anilines is 2. The van der Waals surface area contributed by atoms with Crippen molar-refractivity contribution in [3.8, 4) is 0 Å². The number of carbonyl (C=O) groups is 3. The maximum Gasteiger partial charge on any atom is 0.341 e. The Morgan fingerprint density at radius 3 is 2.29 bits per heavy atom. The summed E-state index contributed by atoms with van der Waals surface area (Å²) in [4.78, 5) is 48.1. The number of fused-ring (bicyclic) bond motifs is 1. The molecule has 2 aromatic carbocycles. The third-order valence-corrected chi connectivity index (χ3v) is 7.70. The van der Waals surface area contributed by atoms with E-state index < -0.39 is 29.9 Å². The van der Waals surface area contributed by atoms with Crippen LogP contribution in [-0.4, -0.2) is 31.0 Å². The number of hydrogen-bond acceptors (Lipinski definition) is 7. The third kappa shape index (κ3) is 3.33. The molecule has 2 aliphatic rings. The highest BCUT2D eigenvalue weighted by Gasteiger charge is 2.61. The molecule has 0 saturated carbocycles. The number of aryl methyl sites for hydroxylation is 2. The number of thiophene rings is 1. The molecule has 3 aromatic rings. The highest BCUT2D eigenvalue weighted by atomic mass is 32.1. The number of imide groups is 1. The van der Waals surface area contributed by atoms with Crippen molar-refractivity contribution in [1.29, 1.82) is 0 Å². The van der Waals surface area contributed by atoms with E-state index in [0.29, 0.717) is 10.6 Å². The molecule has 0 aliphatic carbocycles. The first-order valence-electron chi connectivity index (χ1n) is 11.0. The molecular weight excluding hydrogens is 452 g/mol. The van der Waals surface area contributed by atoms with E-state index in [-0.39, 0.29) is 11.5 Å².